The van der Waals surface area contributed by atoms with Crippen LogP contribution in [-0.2, 0) is 4.74 Å². The van der Waals surface area contributed by atoms with Crippen LogP contribution in [0.15, 0.2) is 48.5 Å². The number of nitro groups is 1. The molecule has 1 unspecified atom stereocenters. The van der Waals surface area contributed by atoms with Crippen molar-refractivity contribution in [3.63, 3.8) is 0 Å². The number of benzene rings is 2. The summed E-state index contributed by atoms with van der Waals surface area (Å²) >= 11 is 0. The molecule has 8 nitrogen and oxygen atoms in total. The van der Waals surface area contributed by atoms with E-state index in [1.165, 1.54) is 9.80 Å². The van der Waals surface area contributed by atoms with Gasteiger partial charge in [-0.3, -0.25) is 14.9 Å². The molecular formula is C22H24FN3O5. The van der Waals surface area contributed by atoms with Crippen LogP contribution < -0.4 is 0 Å². The Kier molecular flexibility index (Phi) is 6.24. The summed E-state index contributed by atoms with van der Waals surface area (Å²) in [5.74, 6) is -1.55. The molecule has 0 aliphatic carbocycles. The van der Waals surface area contributed by atoms with Gasteiger partial charge in [-0.05, 0) is 32.4 Å². The van der Waals surface area contributed by atoms with Crippen LogP contribution in [-0.4, -0.2) is 52.0 Å². The Morgan fingerprint density at radius 1 is 1.13 bits per heavy atom. The average molecular weight is 429 g/mol. The lowest BCUT2D eigenvalue weighted by atomic mass is 10.0. The molecule has 1 heterocycles. The fourth-order valence-electron chi connectivity index (χ4n) is 3.42. The highest BCUT2D eigenvalue weighted by atomic mass is 19.1. The molecular weight excluding hydrogens is 405 g/mol. The van der Waals surface area contributed by atoms with Gasteiger partial charge >= 0.3 is 6.09 Å². The first-order valence-corrected chi connectivity index (χ1v) is 9.84. The summed E-state index contributed by atoms with van der Waals surface area (Å²) in [6, 6.07) is 11.6. The van der Waals surface area contributed by atoms with Crippen molar-refractivity contribution in [1.29, 1.82) is 0 Å². The number of carbonyl (C=O) groups excluding carboxylic acids is 2. The standard InChI is InChI=1S/C22H24FN3O5/c1-22(2,3)31-21(28)24-11-12-25(19(14-24)15-7-5-4-6-8-15)20(27)17-10-9-16(26(29)30)13-18(17)23/h4-10,13,19H,11-12,14H2,1-3H3. The Balaban J connectivity index is 1.89. The van der Waals surface area contributed by atoms with Gasteiger partial charge in [-0.25, -0.2) is 9.18 Å². The SMILES string of the molecule is CC(C)(C)OC(=O)N1CCN(C(=O)c2ccc([N+](=O)[O-])cc2F)C(c2ccccc2)C1. The predicted octanol–water partition coefficient (Wildman–Crippen LogP) is 4.17. The quantitative estimate of drug-likeness (QED) is 0.539. The maximum absolute atomic E-state index is 14.5. The van der Waals surface area contributed by atoms with Crippen LogP contribution in [0.1, 0.15) is 42.7 Å². The van der Waals surface area contributed by atoms with Crippen LogP contribution in [0.2, 0.25) is 0 Å². The van der Waals surface area contributed by atoms with Crippen molar-refractivity contribution in [3.8, 4) is 0 Å². The van der Waals surface area contributed by atoms with E-state index in [-0.39, 0.29) is 25.2 Å². The van der Waals surface area contributed by atoms with E-state index in [0.29, 0.717) is 0 Å². The van der Waals surface area contributed by atoms with Crippen LogP contribution >= 0.6 is 0 Å². The number of nitrogens with zero attached hydrogens (tertiary/aromatic N) is 3. The molecule has 0 aromatic heterocycles. The summed E-state index contributed by atoms with van der Waals surface area (Å²) in [4.78, 5) is 38.9. The van der Waals surface area contributed by atoms with Gasteiger partial charge in [-0.1, -0.05) is 30.3 Å². The van der Waals surface area contributed by atoms with Crippen LogP contribution in [0.25, 0.3) is 0 Å². The van der Waals surface area contributed by atoms with Gasteiger partial charge in [-0.2, -0.15) is 0 Å². The van der Waals surface area contributed by atoms with Gasteiger partial charge in [0.2, 0.25) is 0 Å². The Bertz CT molecular complexity index is 990. The zero-order valence-corrected chi connectivity index (χ0v) is 17.6. The maximum atomic E-state index is 14.5. The molecule has 31 heavy (non-hydrogen) atoms. The van der Waals surface area contributed by atoms with Crippen molar-refractivity contribution in [1.82, 2.24) is 9.80 Å². The number of piperazine rings is 1. The van der Waals surface area contributed by atoms with E-state index in [0.717, 1.165) is 23.8 Å². The average Bonchev–Trinajstić information content (AvgIpc) is 2.72. The molecule has 1 saturated heterocycles. The van der Waals surface area contributed by atoms with Gasteiger partial charge in [0.1, 0.15) is 11.4 Å². The number of rotatable bonds is 3. The third kappa shape index (κ3) is 5.17. The smallest absolute Gasteiger partial charge is 0.410 e. The number of ether oxygens (including phenoxy) is 1. The van der Waals surface area contributed by atoms with Gasteiger partial charge in [0.15, 0.2) is 0 Å². The summed E-state index contributed by atoms with van der Waals surface area (Å²) < 4.78 is 20.0. The monoisotopic (exact) mass is 429 g/mol. The fourth-order valence-corrected chi connectivity index (χ4v) is 3.42. The molecule has 1 aliphatic heterocycles. The van der Waals surface area contributed by atoms with E-state index in [1.807, 2.05) is 30.3 Å². The van der Waals surface area contributed by atoms with Crippen LogP contribution in [0.4, 0.5) is 14.9 Å². The minimum Gasteiger partial charge on any atom is -0.444 e. The number of hydrogen-bond donors (Lipinski definition) is 0. The summed E-state index contributed by atoms with van der Waals surface area (Å²) in [6.45, 7) is 5.89. The first-order valence-electron chi connectivity index (χ1n) is 9.84. The summed E-state index contributed by atoms with van der Waals surface area (Å²) in [5.41, 5.74) is -0.555. The van der Waals surface area contributed by atoms with E-state index in [4.69, 9.17) is 4.74 Å². The number of non-ortho nitro benzene ring substituents is 1. The van der Waals surface area contributed by atoms with E-state index in [2.05, 4.69) is 0 Å². The molecule has 9 heteroatoms. The molecule has 0 spiro atoms. The Labute approximate surface area is 179 Å². The molecule has 0 N–H and O–H groups in total. The van der Waals surface area contributed by atoms with Gasteiger partial charge in [0.05, 0.1) is 22.6 Å². The maximum Gasteiger partial charge on any atom is 0.410 e. The van der Waals surface area contributed by atoms with Crippen molar-refractivity contribution < 1.29 is 23.6 Å². The minimum absolute atomic E-state index is 0.161. The lowest BCUT2D eigenvalue weighted by Crippen LogP contribution is -2.53. The van der Waals surface area contributed by atoms with Crippen molar-refractivity contribution in [3.05, 3.63) is 75.6 Å². The Hall–Kier alpha value is -3.49. The van der Waals surface area contributed by atoms with Gasteiger partial charge in [-0.15, -0.1) is 0 Å². The molecule has 0 saturated carbocycles. The largest absolute Gasteiger partial charge is 0.444 e. The molecule has 2 amide bonds. The van der Waals surface area contributed by atoms with Gasteiger partial charge in [0.25, 0.3) is 11.6 Å². The van der Waals surface area contributed by atoms with Crippen LogP contribution in [0.5, 0.6) is 0 Å². The first kappa shape index (κ1) is 22.2. The molecule has 2 aromatic carbocycles. The molecule has 2 aromatic rings. The van der Waals surface area contributed by atoms with Crippen molar-refractivity contribution in [2.45, 2.75) is 32.4 Å². The molecule has 1 atom stereocenters. The topological polar surface area (TPSA) is 93.0 Å². The zero-order valence-electron chi connectivity index (χ0n) is 17.6. The number of halogens is 1. The van der Waals surface area contributed by atoms with Gasteiger partial charge < -0.3 is 14.5 Å². The highest BCUT2D eigenvalue weighted by Crippen LogP contribution is 2.29. The van der Waals surface area contributed by atoms with E-state index in [9.17, 15) is 24.1 Å². The lowest BCUT2D eigenvalue weighted by molar-refractivity contribution is -0.385. The number of carbonyl (C=O) groups is 2. The molecule has 1 aliphatic rings. The summed E-state index contributed by atoms with van der Waals surface area (Å²) in [5, 5.41) is 10.9. The van der Waals surface area contributed by atoms with Crippen molar-refractivity contribution >= 4 is 17.7 Å². The van der Waals surface area contributed by atoms with E-state index >= 15 is 0 Å². The number of hydrogen-bond acceptors (Lipinski definition) is 5. The predicted molar refractivity (Wildman–Crippen MR) is 111 cm³/mol. The summed E-state index contributed by atoms with van der Waals surface area (Å²) in [6.07, 6.45) is -0.484. The summed E-state index contributed by atoms with van der Waals surface area (Å²) in [7, 11) is 0. The molecule has 1 fully saturated rings. The second-order valence-corrected chi connectivity index (χ2v) is 8.27. The third-order valence-electron chi connectivity index (χ3n) is 4.87. The van der Waals surface area contributed by atoms with Crippen LogP contribution in [0, 0.1) is 15.9 Å². The fraction of sp³-hybridized carbons (Fsp3) is 0.364. The first-order chi connectivity index (χ1) is 14.6. The third-order valence-corrected chi connectivity index (χ3v) is 4.87. The van der Waals surface area contributed by atoms with E-state index < -0.39 is 40.1 Å². The van der Waals surface area contributed by atoms with Crippen molar-refractivity contribution in [2.24, 2.45) is 0 Å². The number of amides is 2. The van der Waals surface area contributed by atoms with Crippen LogP contribution in [0.3, 0.4) is 0 Å². The molecule has 0 bridgehead atoms. The molecule has 3 rings (SSSR count). The highest BCUT2D eigenvalue weighted by Gasteiger charge is 2.36. The Morgan fingerprint density at radius 3 is 2.39 bits per heavy atom. The molecule has 0 radical (unpaired) electrons. The van der Waals surface area contributed by atoms with E-state index in [1.54, 1.807) is 20.8 Å². The number of nitro benzene ring substituents is 1. The Morgan fingerprint density at radius 2 is 1.81 bits per heavy atom. The zero-order chi connectivity index (χ0) is 22.8. The second-order valence-electron chi connectivity index (χ2n) is 8.27. The minimum atomic E-state index is -0.958. The normalized spacial score (nSPS) is 16.7. The second kappa shape index (κ2) is 8.71. The highest BCUT2D eigenvalue weighted by molar-refractivity contribution is 5.95. The molecule has 164 valence electrons. The van der Waals surface area contributed by atoms with Crippen molar-refractivity contribution in [2.75, 3.05) is 19.6 Å². The van der Waals surface area contributed by atoms with Gasteiger partial charge in [0, 0.05) is 25.7 Å². The lowest BCUT2D eigenvalue weighted by Gasteiger charge is -2.42.